The van der Waals surface area contributed by atoms with Gasteiger partial charge in [-0.1, -0.05) is 13.0 Å². The summed E-state index contributed by atoms with van der Waals surface area (Å²) in [5, 5.41) is 9.88. The molecule has 1 unspecified atom stereocenters. The number of aryl methyl sites for hydroxylation is 1. The summed E-state index contributed by atoms with van der Waals surface area (Å²) in [5.74, 6) is -0.924. The molecule has 3 rings (SSSR count). The Morgan fingerprint density at radius 3 is 2.59 bits per heavy atom. The van der Waals surface area contributed by atoms with Crippen molar-refractivity contribution < 1.29 is 27.5 Å². The molecule has 2 heterocycles. The van der Waals surface area contributed by atoms with Gasteiger partial charge in [0.2, 0.25) is 0 Å². The van der Waals surface area contributed by atoms with Crippen molar-refractivity contribution >= 4 is 23.2 Å². The summed E-state index contributed by atoms with van der Waals surface area (Å²) in [7, 11) is 1.19. The number of aromatic nitrogens is 3. The van der Waals surface area contributed by atoms with Crippen LogP contribution in [0.15, 0.2) is 30.5 Å². The molecule has 0 fully saturated rings. The van der Waals surface area contributed by atoms with Crippen LogP contribution in [0, 0.1) is 6.92 Å². The van der Waals surface area contributed by atoms with Crippen molar-refractivity contribution in [1.29, 1.82) is 0 Å². The van der Waals surface area contributed by atoms with Crippen LogP contribution in [0.5, 0.6) is 0 Å². The summed E-state index contributed by atoms with van der Waals surface area (Å²) in [5.41, 5.74) is 2.78. The summed E-state index contributed by atoms with van der Waals surface area (Å²) in [4.78, 5) is 29.0. The van der Waals surface area contributed by atoms with Gasteiger partial charge in [-0.25, -0.2) is 14.3 Å². The Balaban J connectivity index is 2.01. The molecule has 34 heavy (non-hydrogen) atoms. The van der Waals surface area contributed by atoms with E-state index >= 15 is 0 Å². The van der Waals surface area contributed by atoms with Gasteiger partial charge in [-0.3, -0.25) is 4.79 Å². The van der Waals surface area contributed by atoms with Crippen LogP contribution in [0.2, 0.25) is 0 Å². The number of alkyl halides is 3. The molecule has 1 aromatic carbocycles. The Labute approximate surface area is 194 Å². The van der Waals surface area contributed by atoms with E-state index in [0.717, 1.165) is 12.0 Å². The Hall–Kier alpha value is -3.63. The lowest BCUT2D eigenvalue weighted by atomic mass is 10.0. The second-order valence-corrected chi connectivity index (χ2v) is 7.92. The molecule has 0 saturated carbocycles. The van der Waals surface area contributed by atoms with E-state index in [9.17, 15) is 22.8 Å². The Bertz CT molecular complexity index is 1210. The van der Waals surface area contributed by atoms with Gasteiger partial charge in [-0.15, -0.1) is 0 Å². The number of imidazole rings is 1. The number of esters is 1. The predicted octanol–water partition coefficient (Wildman–Crippen LogP) is 4.38. The first kappa shape index (κ1) is 25.0. The highest BCUT2D eigenvalue weighted by Gasteiger charge is 2.26. The fourth-order valence-corrected chi connectivity index (χ4v) is 3.32. The topological polar surface area (TPSA) is 97.6 Å². The Kier molecular flexibility index (Phi) is 7.43. The number of nitrogens with one attached hydrogen (secondary N) is 2. The Morgan fingerprint density at radius 1 is 1.24 bits per heavy atom. The normalized spacial score (nSPS) is 12.4. The third-order valence-corrected chi connectivity index (χ3v) is 5.34. The lowest BCUT2D eigenvalue weighted by Crippen LogP contribution is -2.32. The summed E-state index contributed by atoms with van der Waals surface area (Å²) in [6, 6.07) is 6.55. The molecule has 0 aliphatic rings. The standard InChI is InChI=1S/C23H26F3N5O3/c1-5-14(3)29-21(32)16-7-6-15(10-13(16)2)19-12-28-20-17(27-9-8-23(24,25)26)11-18(22(33)34-4)30-31(19)20/h6-7,10-12,14,27H,5,8-9H2,1-4H3,(H,29,32). The van der Waals surface area contributed by atoms with Crippen molar-refractivity contribution in [1.82, 2.24) is 19.9 Å². The van der Waals surface area contributed by atoms with Crippen molar-refractivity contribution in [3.05, 3.63) is 47.3 Å². The van der Waals surface area contributed by atoms with Gasteiger partial charge in [-0.05, 0) is 38.0 Å². The van der Waals surface area contributed by atoms with Crippen LogP contribution in [-0.4, -0.2) is 52.3 Å². The first-order valence-electron chi connectivity index (χ1n) is 10.7. The van der Waals surface area contributed by atoms with Gasteiger partial charge in [0.25, 0.3) is 5.91 Å². The molecule has 182 valence electrons. The van der Waals surface area contributed by atoms with E-state index in [1.807, 2.05) is 13.8 Å². The number of rotatable bonds is 8. The zero-order valence-corrected chi connectivity index (χ0v) is 19.3. The molecule has 2 N–H and O–H groups in total. The van der Waals surface area contributed by atoms with Crippen molar-refractivity contribution in [2.45, 2.75) is 45.8 Å². The van der Waals surface area contributed by atoms with Gasteiger partial charge in [0, 0.05) is 29.8 Å². The lowest BCUT2D eigenvalue weighted by Gasteiger charge is -2.14. The number of methoxy groups -OCH3 is 1. The first-order valence-corrected chi connectivity index (χ1v) is 10.7. The van der Waals surface area contributed by atoms with Crippen LogP contribution in [-0.2, 0) is 4.74 Å². The number of anilines is 1. The van der Waals surface area contributed by atoms with Crippen molar-refractivity contribution in [3.63, 3.8) is 0 Å². The van der Waals surface area contributed by atoms with Gasteiger partial charge in [0.1, 0.15) is 0 Å². The maximum absolute atomic E-state index is 12.6. The van der Waals surface area contributed by atoms with Gasteiger partial charge in [-0.2, -0.15) is 18.3 Å². The number of hydrogen-bond donors (Lipinski definition) is 2. The number of amides is 1. The fraction of sp³-hybridized carbons (Fsp3) is 0.391. The highest BCUT2D eigenvalue weighted by atomic mass is 19.4. The highest BCUT2D eigenvalue weighted by Crippen LogP contribution is 2.27. The average molecular weight is 477 g/mol. The average Bonchev–Trinajstić information content (AvgIpc) is 3.21. The van der Waals surface area contributed by atoms with Crippen LogP contribution in [0.25, 0.3) is 16.9 Å². The molecule has 0 bridgehead atoms. The van der Waals surface area contributed by atoms with E-state index in [0.29, 0.717) is 16.8 Å². The first-order chi connectivity index (χ1) is 16.0. The van der Waals surface area contributed by atoms with Crippen LogP contribution >= 0.6 is 0 Å². The van der Waals surface area contributed by atoms with E-state index in [1.54, 1.807) is 25.1 Å². The van der Waals surface area contributed by atoms with Gasteiger partial charge < -0.3 is 15.4 Å². The molecule has 0 aliphatic carbocycles. The van der Waals surface area contributed by atoms with Gasteiger partial charge in [0.15, 0.2) is 11.3 Å². The van der Waals surface area contributed by atoms with E-state index in [2.05, 4.69) is 20.7 Å². The number of nitrogens with zero attached hydrogens (tertiary/aromatic N) is 3. The molecule has 0 radical (unpaired) electrons. The molecule has 8 nitrogen and oxygen atoms in total. The molecule has 11 heteroatoms. The van der Waals surface area contributed by atoms with Gasteiger partial charge >= 0.3 is 12.1 Å². The fourth-order valence-electron chi connectivity index (χ4n) is 3.32. The van der Waals surface area contributed by atoms with Crippen molar-refractivity contribution in [3.8, 4) is 11.3 Å². The molecule has 0 aliphatic heterocycles. The largest absolute Gasteiger partial charge is 0.464 e. The smallest absolute Gasteiger partial charge is 0.390 e. The molecular weight excluding hydrogens is 451 g/mol. The number of fused-ring (bicyclic) bond motifs is 1. The molecule has 1 atom stereocenters. The third-order valence-electron chi connectivity index (χ3n) is 5.34. The minimum absolute atomic E-state index is 0.0366. The second-order valence-electron chi connectivity index (χ2n) is 7.92. The van der Waals surface area contributed by atoms with Crippen molar-refractivity contribution in [2.75, 3.05) is 19.0 Å². The number of ether oxygens (including phenoxy) is 1. The predicted molar refractivity (Wildman–Crippen MR) is 121 cm³/mol. The number of carbonyl (C=O) groups excluding carboxylic acids is 2. The van der Waals surface area contributed by atoms with Crippen LogP contribution < -0.4 is 10.6 Å². The highest BCUT2D eigenvalue weighted by molar-refractivity contribution is 5.96. The SMILES string of the molecule is CCC(C)NC(=O)c1ccc(-c2cnc3c(NCCC(F)(F)F)cc(C(=O)OC)nn23)cc1C. The monoisotopic (exact) mass is 477 g/mol. The number of benzene rings is 1. The minimum atomic E-state index is -4.33. The molecule has 0 spiro atoms. The molecule has 1 amide bonds. The number of halogens is 3. The summed E-state index contributed by atoms with van der Waals surface area (Å²) < 4.78 is 43.9. The molecule has 0 saturated heterocycles. The molecule has 2 aromatic heterocycles. The van der Waals surface area contributed by atoms with Gasteiger partial charge in [0.05, 0.1) is 31.1 Å². The maximum atomic E-state index is 12.6. The summed E-state index contributed by atoms with van der Waals surface area (Å²) in [6.45, 7) is 5.30. The zero-order valence-electron chi connectivity index (χ0n) is 19.3. The van der Waals surface area contributed by atoms with E-state index < -0.39 is 25.1 Å². The van der Waals surface area contributed by atoms with Crippen LogP contribution in [0.4, 0.5) is 18.9 Å². The Morgan fingerprint density at radius 2 is 1.97 bits per heavy atom. The number of hydrogen-bond acceptors (Lipinski definition) is 6. The lowest BCUT2D eigenvalue weighted by molar-refractivity contribution is -0.131. The second kappa shape index (κ2) is 10.1. The van der Waals surface area contributed by atoms with E-state index in [1.165, 1.54) is 23.9 Å². The molecular formula is C23H26F3N5O3. The minimum Gasteiger partial charge on any atom is -0.464 e. The van der Waals surface area contributed by atoms with Crippen LogP contribution in [0.3, 0.4) is 0 Å². The van der Waals surface area contributed by atoms with Crippen molar-refractivity contribution in [2.24, 2.45) is 0 Å². The third kappa shape index (κ3) is 5.64. The maximum Gasteiger partial charge on any atom is 0.390 e. The zero-order chi connectivity index (χ0) is 25.0. The quantitative estimate of drug-likeness (QED) is 0.467. The van der Waals surface area contributed by atoms with E-state index in [-0.39, 0.29) is 29.0 Å². The summed E-state index contributed by atoms with van der Waals surface area (Å²) >= 11 is 0. The van der Waals surface area contributed by atoms with Crippen LogP contribution in [0.1, 0.15) is 53.1 Å². The number of carbonyl (C=O) groups is 2. The summed E-state index contributed by atoms with van der Waals surface area (Å²) in [6.07, 6.45) is -3.07. The van der Waals surface area contributed by atoms with E-state index in [4.69, 9.17) is 4.74 Å². The molecule has 3 aromatic rings.